The van der Waals surface area contributed by atoms with Crippen LogP contribution in [-0.2, 0) is 13.0 Å². The Morgan fingerprint density at radius 2 is 1.65 bits per heavy atom. The van der Waals surface area contributed by atoms with Gasteiger partial charge in [-0.05, 0) is 34.5 Å². The van der Waals surface area contributed by atoms with Crippen molar-refractivity contribution < 1.29 is 13.2 Å². The number of nitrogens with zero attached hydrogens (tertiary/aromatic N) is 6. The lowest BCUT2D eigenvalue weighted by Gasteiger charge is -2.14. The molecule has 6 nitrogen and oxygen atoms in total. The van der Waals surface area contributed by atoms with E-state index >= 15 is 0 Å². The van der Waals surface area contributed by atoms with Crippen LogP contribution in [0.5, 0.6) is 0 Å². The predicted octanol–water partition coefficient (Wildman–Crippen LogP) is 4.81. The Labute approximate surface area is 181 Å². The number of imidazole rings is 1. The Morgan fingerprint density at radius 1 is 0.935 bits per heavy atom. The number of rotatable bonds is 8. The lowest BCUT2D eigenvalue weighted by Crippen LogP contribution is -2.19. The summed E-state index contributed by atoms with van der Waals surface area (Å²) in [5.74, 6) is 1.29. The summed E-state index contributed by atoms with van der Waals surface area (Å²) in [5, 5.41) is 12.2. The lowest BCUT2D eigenvalue weighted by atomic mass is 10.2. The molecule has 0 radical (unpaired) electrons. The van der Waals surface area contributed by atoms with Crippen molar-refractivity contribution in [3.63, 3.8) is 0 Å². The fourth-order valence-corrected chi connectivity index (χ4v) is 4.09. The van der Waals surface area contributed by atoms with Crippen molar-refractivity contribution in [2.75, 3.05) is 5.75 Å². The molecule has 160 valence electrons. The number of thioether (sulfide) groups is 1. The SMILES string of the molecule is FC(F)(F)Cn1c(-c2ccccc2)cnc1SCCCc1nnnn1-c1ccccc1. The van der Waals surface area contributed by atoms with Gasteiger partial charge in [-0.1, -0.05) is 60.3 Å². The van der Waals surface area contributed by atoms with Gasteiger partial charge in [0.25, 0.3) is 0 Å². The van der Waals surface area contributed by atoms with Gasteiger partial charge in [0.15, 0.2) is 11.0 Å². The number of hydrogen-bond acceptors (Lipinski definition) is 5. The number of benzene rings is 2. The molecule has 0 unspecified atom stereocenters. The van der Waals surface area contributed by atoms with Gasteiger partial charge in [-0.25, -0.2) is 4.98 Å². The number of alkyl halides is 3. The molecule has 0 atom stereocenters. The second kappa shape index (κ2) is 9.34. The standard InChI is InChI=1S/C21H19F3N6S/c22-21(23,24)15-29-18(16-8-3-1-4-9-16)14-25-20(29)31-13-7-12-19-26-27-28-30(19)17-10-5-2-6-11-17/h1-6,8-11,14H,7,12-13,15H2. The average Bonchev–Trinajstić information content (AvgIpc) is 3.38. The Bertz CT molecular complexity index is 1110. The summed E-state index contributed by atoms with van der Waals surface area (Å²) in [6, 6.07) is 18.5. The van der Waals surface area contributed by atoms with Crippen LogP contribution in [0.25, 0.3) is 16.9 Å². The zero-order chi connectivity index (χ0) is 21.7. The van der Waals surface area contributed by atoms with Gasteiger partial charge < -0.3 is 4.57 Å². The second-order valence-electron chi connectivity index (χ2n) is 6.79. The van der Waals surface area contributed by atoms with Crippen molar-refractivity contribution >= 4 is 11.8 Å². The highest BCUT2D eigenvalue weighted by atomic mass is 32.2. The zero-order valence-corrected chi connectivity index (χ0v) is 17.2. The number of halogens is 3. The van der Waals surface area contributed by atoms with Crippen LogP contribution in [0.1, 0.15) is 12.2 Å². The van der Waals surface area contributed by atoms with Crippen molar-refractivity contribution in [3.8, 4) is 16.9 Å². The van der Waals surface area contributed by atoms with Gasteiger partial charge in [0, 0.05) is 12.2 Å². The van der Waals surface area contributed by atoms with E-state index in [0.717, 1.165) is 5.69 Å². The second-order valence-corrected chi connectivity index (χ2v) is 7.85. The summed E-state index contributed by atoms with van der Waals surface area (Å²) in [7, 11) is 0. The number of para-hydroxylation sites is 1. The maximum Gasteiger partial charge on any atom is 0.406 e. The number of hydrogen-bond donors (Lipinski definition) is 0. The van der Waals surface area contributed by atoms with Gasteiger partial charge >= 0.3 is 6.18 Å². The number of aryl methyl sites for hydroxylation is 1. The van der Waals surface area contributed by atoms with Crippen LogP contribution < -0.4 is 0 Å². The summed E-state index contributed by atoms with van der Waals surface area (Å²) in [4.78, 5) is 4.26. The van der Waals surface area contributed by atoms with Gasteiger partial charge in [0.1, 0.15) is 6.54 Å². The molecular formula is C21H19F3N6S. The van der Waals surface area contributed by atoms with Gasteiger partial charge in [-0.15, -0.1) is 5.10 Å². The summed E-state index contributed by atoms with van der Waals surface area (Å²) in [6.07, 6.45) is -1.55. The Kier molecular flexibility index (Phi) is 6.36. The molecule has 2 aromatic heterocycles. The van der Waals surface area contributed by atoms with E-state index in [2.05, 4.69) is 20.5 Å². The maximum atomic E-state index is 13.2. The summed E-state index contributed by atoms with van der Waals surface area (Å²) in [5.41, 5.74) is 2.02. The lowest BCUT2D eigenvalue weighted by molar-refractivity contribution is -0.141. The third-order valence-electron chi connectivity index (χ3n) is 4.54. The van der Waals surface area contributed by atoms with Crippen LogP contribution in [0.4, 0.5) is 13.2 Å². The molecule has 2 heterocycles. The molecule has 0 saturated carbocycles. The van der Waals surface area contributed by atoms with Crippen LogP contribution >= 0.6 is 11.8 Å². The Morgan fingerprint density at radius 3 is 2.35 bits per heavy atom. The minimum atomic E-state index is -4.34. The molecule has 0 aliphatic rings. The van der Waals surface area contributed by atoms with E-state index in [4.69, 9.17) is 0 Å². The van der Waals surface area contributed by atoms with Crippen molar-refractivity contribution in [3.05, 3.63) is 72.7 Å². The molecule has 10 heteroatoms. The average molecular weight is 444 g/mol. The van der Waals surface area contributed by atoms with Crippen LogP contribution in [0.15, 0.2) is 72.0 Å². The number of aromatic nitrogens is 6. The third-order valence-corrected chi connectivity index (χ3v) is 5.61. The smallest absolute Gasteiger partial charge is 0.310 e. The van der Waals surface area contributed by atoms with Crippen molar-refractivity contribution in [1.29, 1.82) is 0 Å². The van der Waals surface area contributed by atoms with E-state index in [1.165, 1.54) is 22.5 Å². The van der Waals surface area contributed by atoms with Crippen LogP contribution in [0, 0.1) is 0 Å². The molecule has 0 bridgehead atoms. The highest BCUT2D eigenvalue weighted by Crippen LogP contribution is 2.30. The molecule has 0 saturated heterocycles. The first-order valence-electron chi connectivity index (χ1n) is 9.64. The summed E-state index contributed by atoms with van der Waals surface area (Å²) >= 11 is 1.30. The molecule has 0 aliphatic heterocycles. The van der Waals surface area contributed by atoms with E-state index in [1.807, 2.05) is 36.4 Å². The Hall–Kier alpha value is -3.14. The molecule has 31 heavy (non-hydrogen) atoms. The molecule has 0 aliphatic carbocycles. The highest BCUT2D eigenvalue weighted by molar-refractivity contribution is 7.99. The first kappa shape index (κ1) is 21.1. The molecular weight excluding hydrogens is 425 g/mol. The topological polar surface area (TPSA) is 61.4 Å². The molecule has 0 N–H and O–H groups in total. The van der Waals surface area contributed by atoms with E-state index < -0.39 is 12.7 Å². The first-order valence-corrected chi connectivity index (χ1v) is 10.6. The minimum absolute atomic E-state index is 0.346. The van der Waals surface area contributed by atoms with E-state index in [0.29, 0.717) is 40.8 Å². The first-order chi connectivity index (χ1) is 15.0. The third kappa shape index (κ3) is 5.32. The van der Waals surface area contributed by atoms with E-state index in [9.17, 15) is 13.2 Å². The summed E-state index contributed by atoms with van der Waals surface area (Å²) < 4.78 is 42.5. The van der Waals surface area contributed by atoms with Gasteiger partial charge in [0.05, 0.1) is 17.6 Å². The predicted molar refractivity (Wildman–Crippen MR) is 112 cm³/mol. The molecule has 0 amide bonds. The number of tetrazole rings is 1. The van der Waals surface area contributed by atoms with Crippen molar-refractivity contribution in [1.82, 2.24) is 29.8 Å². The van der Waals surface area contributed by atoms with Crippen LogP contribution in [-0.4, -0.2) is 41.7 Å². The zero-order valence-electron chi connectivity index (χ0n) is 16.4. The fourth-order valence-electron chi connectivity index (χ4n) is 3.17. The molecule has 0 spiro atoms. The maximum absolute atomic E-state index is 13.2. The Balaban J connectivity index is 1.44. The van der Waals surface area contributed by atoms with Crippen LogP contribution in [0.3, 0.4) is 0 Å². The minimum Gasteiger partial charge on any atom is -0.310 e. The molecule has 0 fully saturated rings. The van der Waals surface area contributed by atoms with Gasteiger partial charge in [0.2, 0.25) is 0 Å². The van der Waals surface area contributed by atoms with E-state index in [1.54, 1.807) is 28.9 Å². The monoisotopic (exact) mass is 444 g/mol. The van der Waals surface area contributed by atoms with E-state index in [-0.39, 0.29) is 0 Å². The quantitative estimate of drug-likeness (QED) is 0.288. The molecule has 2 aromatic carbocycles. The fraction of sp³-hybridized carbons (Fsp3) is 0.238. The van der Waals surface area contributed by atoms with Crippen molar-refractivity contribution in [2.24, 2.45) is 0 Å². The molecule has 4 aromatic rings. The largest absolute Gasteiger partial charge is 0.406 e. The van der Waals surface area contributed by atoms with Gasteiger partial charge in [-0.3, -0.25) is 0 Å². The normalized spacial score (nSPS) is 11.7. The van der Waals surface area contributed by atoms with Crippen LogP contribution in [0.2, 0.25) is 0 Å². The van der Waals surface area contributed by atoms with Crippen molar-refractivity contribution in [2.45, 2.75) is 30.7 Å². The highest BCUT2D eigenvalue weighted by Gasteiger charge is 2.30. The molecule has 4 rings (SSSR count). The van der Waals surface area contributed by atoms with Gasteiger partial charge in [-0.2, -0.15) is 17.9 Å². The summed E-state index contributed by atoms with van der Waals surface area (Å²) in [6.45, 7) is -1.08.